The van der Waals surface area contributed by atoms with Crippen molar-refractivity contribution in [1.82, 2.24) is 0 Å². The molecule has 0 saturated carbocycles. The second kappa shape index (κ2) is 8.44. The van der Waals surface area contributed by atoms with Gasteiger partial charge in [0.05, 0.1) is 31.1 Å². The minimum atomic E-state index is -0.627. The molecule has 6 heteroatoms. The standard InChI is InChI=1S/C13H18FNO4/c1-17-7-8-18-5-2-6-19-13(16)10-3-4-12(15)11(14)9-10/h3-4,9H,2,5-8,15H2,1H3. The summed E-state index contributed by atoms with van der Waals surface area (Å²) in [6, 6.07) is 3.82. The van der Waals surface area contributed by atoms with Gasteiger partial charge in [-0.2, -0.15) is 0 Å². The van der Waals surface area contributed by atoms with E-state index < -0.39 is 11.8 Å². The Labute approximate surface area is 111 Å². The van der Waals surface area contributed by atoms with Gasteiger partial charge in [0.25, 0.3) is 0 Å². The zero-order valence-electron chi connectivity index (χ0n) is 10.9. The van der Waals surface area contributed by atoms with Gasteiger partial charge < -0.3 is 19.9 Å². The van der Waals surface area contributed by atoms with E-state index in [-0.39, 0.29) is 17.9 Å². The van der Waals surface area contributed by atoms with Crippen molar-refractivity contribution < 1.29 is 23.4 Å². The van der Waals surface area contributed by atoms with Gasteiger partial charge in [-0.15, -0.1) is 0 Å². The van der Waals surface area contributed by atoms with Gasteiger partial charge in [-0.25, -0.2) is 9.18 Å². The molecule has 0 bridgehead atoms. The molecule has 0 aliphatic heterocycles. The summed E-state index contributed by atoms with van der Waals surface area (Å²) in [6.45, 7) is 1.74. The predicted molar refractivity (Wildman–Crippen MR) is 68.4 cm³/mol. The second-order valence-electron chi connectivity index (χ2n) is 3.83. The number of halogens is 1. The molecule has 19 heavy (non-hydrogen) atoms. The zero-order chi connectivity index (χ0) is 14.1. The van der Waals surface area contributed by atoms with Crippen LogP contribution in [-0.4, -0.2) is 39.5 Å². The fourth-order valence-corrected chi connectivity index (χ4v) is 1.31. The molecule has 1 aromatic carbocycles. The van der Waals surface area contributed by atoms with E-state index in [1.165, 1.54) is 12.1 Å². The Hall–Kier alpha value is -1.66. The predicted octanol–water partition coefficient (Wildman–Crippen LogP) is 1.62. The summed E-state index contributed by atoms with van der Waals surface area (Å²) in [4.78, 5) is 11.6. The number of carbonyl (C=O) groups is 1. The summed E-state index contributed by atoms with van der Waals surface area (Å²) < 4.78 is 28.1. The number of esters is 1. The fourth-order valence-electron chi connectivity index (χ4n) is 1.31. The molecule has 0 spiro atoms. The van der Waals surface area contributed by atoms with Gasteiger partial charge in [-0.05, 0) is 18.2 Å². The van der Waals surface area contributed by atoms with Crippen LogP contribution in [-0.2, 0) is 14.2 Å². The lowest BCUT2D eigenvalue weighted by atomic mass is 10.2. The highest BCUT2D eigenvalue weighted by atomic mass is 19.1. The number of methoxy groups -OCH3 is 1. The summed E-state index contributed by atoms with van der Waals surface area (Å²) in [5.74, 6) is -1.20. The van der Waals surface area contributed by atoms with E-state index in [2.05, 4.69) is 0 Å². The minimum Gasteiger partial charge on any atom is -0.462 e. The lowest BCUT2D eigenvalue weighted by Crippen LogP contribution is -2.10. The normalized spacial score (nSPS) is 10.4. The number of hydrogen-bond acceptors (Lipinski definition) is 5. The lowest BCUT2D eigenvalue weighted by molar-refractivity contribution is 0.0385. The van der Waals surface area contributed by atoms with Crippen LogP contribution in [0.4, 0.5) is 10.1 Å². The number of carbonyl (C=O) groups excluding carboxylic acids is 1. The molecule has 0 aliphatic carbocycles. The van der Waals surface area contributed by atoms with Crippen molar-refractivity contribution in [2.45, 2.75) is 6.42 Å². The van der Waals surface area contributed by atoms with E-state index >= 15 is 0 Å². The number of nitrogens with two attached hydrogens (primary N) is 1. The average molecular weight is 271 g/mol. The Morgan fingerprint density at radius 3 is 2.74 bits per heavy atom. The van der Waals surface area contributed by atoms with Crippen LogP contribution in [0.25, 0.3) is 0 Å². The van der Waals surface area contributed by atoms with Crippen molar-refractivity contribution in [1.29, 1.82) is 0 Å². The van der Waals surface area contributed by atoms with E-state index in [0.717, 1.165) is 6.07 Å². The van der Waals surface area contributed by atoms with Gasteiger partial charge in [0.15, 0.2) is 0 Å². The van der Waals surface area contributed by atoms with Crippen LogP contribution in [0.3, 0.4) is 0 Å². The van der Waals surface area contributed by atoms with E-state index in [1.54, 1.807) is 7.11 Å². The van der Waals surface area contributed by atoms with Crippen molar-refractivity contribution in [3.63, 3.8) is 0 Å². The monoisotopic (exact) mass is 271 g/mol. The molecule has 1 aromatic rings. The number of rotatable bonds is 8. The van der Waals surface area contributed by atoms with E-state index in [4.69, 9.17) is 19.9 Å². The molecule has 1 rings (SSSR count). The van der Waals surface area contributed by atoms with Crippen molar-refractivity contribution >= 4 is 11.7 Å². The molecule has 0 heterocycles. The van der Waals surface area contributed by atoms with Gasteiger partial charge in [0, 0.05) is 20.1 Å². The topological polar surface area (TPSA) is 70.8 Å². The van der Waals surface area contributed by atoms with E-state index in [9.17, 15) is 9.18 Å². The molecule has 2 N–H and O–H groups in total. The highest BCUT2D eigenvalue weighted by Gasteiger charge is 2.09. The molecule has 5 nitrogen and oxygen atoms in total. The van der Waals surface area contributed by atoms with Crippen LogP contribution >= 0.6 is 0 Å². The zero-order valence-corrected chi connectivity index (χ0v) is 10.9. The maximum Gasteiger partial charge on any atom is 0.338 e. The Kier molecular flexibility index (Phi) is 6.84. The molecular weight excluding hydrogens is 253 g/mol. The first kappa shape index (κ1) is 15.4. The molecule has 0 atom stereocenters. The third kappa shape index (κ3) is 5.67. The summed E-state index contributed by atoms with van der Waals surface area (Å²) in [7, 11) is 1.59. The minimum absolute atomic E-state index is 0.00286. The van der Waals surface area contributed by atoms with Crippen molar-refractivity contribution in [2.24, 2.45) is 0 Å². The van der Waals surface area contributed by atoms with Crippen LogP contribution < -0.4 is 5.73 Å². The smallest absolute Gasteiger partial charge is 0.338 e. The first-order valence-electron chi connectivity index (χ1n) is 5.94. The third-order valence-electron chi connectivity index (χ3n) is 2.33. The van der Waals surface area contributed by atoms with E-state index in [0.29, 0.717) is 26.2 Å². The van der Waals surface area contributed by atoms with Gasteiger partial charge >= 0.3 is 5.97 Å². The number of nitrogen functional groups attached to an aromatic ring is 1. The Morgan fingerprint density at radius 1 is 1.26 bits per heavy atom. The number of hydrogen-bond donors (Lipinski definition) is 1. The SMILES string of the molecule is COCCOCCCOC(=O)c1ccc(N)c(F)c1. The Bertz CT molecular complexity index is 412. The second-order valence-corrected chi connectivity index (χ2v) is 3.83. The first-order valence-corrected chi connectivity index (χ1v) is 5.94. The number of anilines is 1. The Morgan fingerprint density at radius 2 is 2.05 bits per heavy atom. The first-order chi connectivity index (χ1) is 9.15. The van der Waals surface area contributed by atoms with Crippen LogP contribution in [0.2, 0.25) is 0 Å². The maximum absolute atomic E-state index is 13.1. The lowest BCUT2D eigenvalue weighted by Gasteiger charge is -2.06. The highest BCUT2D eigenvalue weighted by molar-refractivity contribution is 5.89. The fraction of sp³-hybridized carbons (Fsp3) is 0.462. The van der Waals surface area contributed by atoms with Crippen molar-refractivity contribution in [3.8, 4) is 0 Å². The molecule has 0 radical (unpaired) electrons. The summed E-state index contributed by atoms with van der Waals surface area (Å²) in [6.07, 6.45) is 0.576. The van der Waals surface area contributed by atoms with Crippen molar-refractivity contribution in [3.05, 3.63) is 29.6 Å². The average Bonchev–Trinajstić information content (AvgIpc) is 2.40. The molecule has 0 aromatic heterocycles. The maximum atomic E-state index is 13.1. The van der Waals surface area contributed by atoms with Crippen LogP contribution in [0.1, 0.15) is 16.8 Å². The van der Waals surface area contributed by atoms with Crippen molar-refractivity contribution in [2.75, 3.05) is 39.3 Å². The molecule has 0 amide bonds. The molecule has 0 fully saturated rings. The van der Waals surface area contributed by atoms with Crippen LogP contribution in [0.5, 0.6) is 0 Å². The van der Waals surface area contributed by atoms with Gasteiger partial charge in [-0.3, -0.25) is 0 Å². The highest BCUT2D eigenvalue weighted by Crippen LogP contribution is 2.12. The molecule has 0 unspecified atom stereocenters. The molecule has 106 valence electrons. The largest absolute Gasteiger partial charge is 0.462 e. The molecule has 0 aliphatic rings. The van der Waals surface area contributed by atoms with Crippen LogP contribution in [0.15, 0.2) is 18.2 Å². The number of ether oxygens (including phenoxy) is 3. The summed E-state index contributed by atoms with van der Waals surface area (Å²) in [5.41, 5.74) is 5.46. The Balaban J connectivity index is 2.22. The molecule has 0 saturated heterocycles. The third-order valence-corrected chi connectivity index (χ3v) is 2.33. The van der Waals surface area contributed by atoms with Gasteiger partial charge in [0.2, 0.25) is 0 Å². The molecular formula is C13H18FNO4. The van der Waals surface area contributed by atoms with E-state index in [1.807, 2.05) is 0 Å². The summed E-state index contributed by atoms with van der Waals surface area (Å²) in [5, 5.41) is 0. The van der Waals surface area contributed by atoms with Gasteiger partial charge in [0.1, 0.15) is 5.82 Å². The summed E-state index contributed by atoms with van der Waals surface area (Å²) >= 11 is 0. The quantitative estimate of drug-likeness (QED) is 0.442. The number of benzene rings is 1. The van der Waals surface area contributed by atoms with Gasteiger partial charge in [-0.1, -0.05) is 0 Å². The van der Waals surface area contributed by atoms with Crippen LogP contribution in [0, 0.1) is 5.82 Å².